The van der Waals surface area contributed by atoms with Gasteiger partial charge in [-0.25, -0.2) is 10.2 Å². The highest BCUT2D eigenvalue weighted by molar-refractivity contribution is 5.95. The standard InChI is InChI=1S/C20H22N2O5/c1-3-11-26-17-9-7-16(8-10-17)20(24)22-21-13-15-5-4-6-18(12-15)27-14-19(23)25-2/h4-10,12-13H,3,11,14H2,1-2H3,(H,22,24)/b21-13-. The highest BCUT2D eigenvalue weighted by Gasteiger charge is 2.05. The summed E-state index contributed by atoms with van der Waals surface area (Å²) in [7, 11) is 1.29. The van der Waals surface area contributed by atoms with Crippen molar-refractivity contribution in [1.29, 1.82) is 0 Å². The van der Waals surface area contributed by atoms with E-state index >= 15 is 0 Å². The maximum Gasteiger partial charge on any atom is 0.343 e. The van der Waals surface area contributed by atoms with Crippen molar-refractivity contribution >= 4 is 18.1 Å². The summed E-state index contributed by atoms with van der Waals surface area (Å²) in [4.78, 5) is 23.2. The van der Waals surface area contributed by atoms with E-state index in [0.717, 1.165) is 12.2 Å². The molecule has 27 heavy (non-hydrogen) atoms. The van der Waals surface area contributed by atoms with Crippen molar-refractivity contribution in [2.24, 2.45) is 5.10 Å². The summed E-state index contributed by atoms with van der Waals surface area (Å²) in [6, 6.07) is 13.8. The number of hydrazone groups is 1. The van der Waals surface area contributed by atoms with Crippen LogP contribution in [0.4, 0.5) is 0 Å². The molecule has 0 saturated heterocycles. The Morgan fingerprint density at radius 1 is 1.07 bits per heavy atom. The maximum atomic E-state index is 12.1. The number of rotatable bonds is 9. The first-order valence-electron chi connectivity index (χ1n) is 8.48. The average Bonchev–Trinajstić information content (AvgIpc) is 2.71. The third kappa shape index (κ3) is 6.81. The van der Waals surface area contributed by atoms with Crippen LogP contribution >= 0.6 is 0 Å². The predicted molar refractivity (Wildman–Crippen MR) is 101 cm³/mol. The fourth-order valence-electron chi connectivity index (χ4n) is 2.04. The maximum absolute atomic E-state index is 12.1. The molecule has 0 aliphatic rings. The van der Waals surface area contributed by atoms with Crippen LogP contribution in [0.3, 0.4) is 0 Å². The summed E-state index contributed by atoms with van der Waals surface area (Å²) in [5.41, 5.74) is 3.65. The monoisotopic (exact) mass is 370 g/mol. The Kier molecular flexibility index (Phi) is 7.84. The van der Waals surface area contributed by atoms with Crippen LogP contribution in [-0.2, 0) is 9.53 Å². The molecule has 0 aliphatic carbocycles. The van der Waals surface area contributed by atoms with Crippen molar-refractivity contribution in [3.63, 3.8) is 0 Å². The quantitative estimate of drug-likeness (QED) is 0.417. The Bertz CT molecular complexity index is 787. The van der Waals surface area contributed by atoms with E-state index in [1.54, 1.807) is 48.5 Å². The fourth-order valence-corrected chi connectivity index (χ4v) is 2.04. The molecule has 1 N–H and O–H groups in total. The SMILES string of the molecule is CCCOc1ccc(C(=O)N/N=C\c2cccc(OCC(=O)OC)c2)cc1. The lowest BCUT2D eigenvalue weighted by atomic mass is 10.2. The van der Waals surface area contributed by atoms with Crippen LogP contribution in [0, 0.1) is 0 Å². The molecule has 0 saturated carbocycles. The summed E-state index contributed by atoms with van der Waals surface area (Å²) >= 11 is 0. The molecule has 2 aromatic carbocycles. The normalized spacial score (nSPS) is 10.4. The van der Waals surface area contributed by atoms with Crippen molar-refractivity contribution < 1.29 is 23.8 Å². The second-order valence-corrected chi connectivity index (χ2v) is 5.51. The summed E-state index contributed by atoms with van der Waals surface area (Å²) in [5, 5.41) is 3.94. The minimum atomic E-state index is -0.465. The van der Waals surface area contributed by atoms with Gasteiger partial charge in [-0.1, -0.05) is 19.1 Å². The first kappa shape index (κ1) is 20.0. The van der Waals surface area contributed by atoms with E-state index in [1.165, 1.54) is 13.3 Å². The Hall–Kier alpha value is -3.35. The minimum absolute atomic E-state index is 0.175. The van der Waals surface area contributed by atoms with Crippen molar-refractivity contribution in [3.8, 4) is 11.5 Å². The average molecular weight is 370 g/mol. The molecule has 0 atom stereocenters. The molecule has 0 fully saturated rings. The van der Waals surface area contributed by atoms with Crippen LogP contribution in [0.15, 0.2) is 53.6 Å². The molecule has 0 unspecified atom stereocenters. The predicted octanol–water partition coefficient (Wildman–Crippen LogP) is 2.79. The number of hydrogen-bond donors (Lipinski definition) is 1. The topological polar surface area (TPSA) is 86.2 Å². The molecule has 2 aromatic rings. The lowest BCUT2D eigenvalue weighted by Crippen LogP contribution is -2.17. The molecule has 1 amide bonds. The zero-order valence-electron chi connectivity index (χ0n) is 15.3. The fraction of sp³-hybridized carbons (Fsp3) is 0.250. The lowest BCUT2D eigenvalue weighted by Gasteiger charge is -2.06. The van der Waals surface area contributed by atoms with Crippen molar-refractivity contribution in [2.45, 2.75) is 13.3 Å². The van der Waals surface area contributed by atoms with Gasteiger partial charge in [-0.2, -0.15) is 5.10 Å². The first-order chi connectivity index (χ1) is 13.1. The van der Waals surface area contributed by atoms with Gasteiger partial charge in [0.1, 0.15) is 11.5 Å². The number of nitrogens with one attached hydrogen (secondary N) is 1. The number of methoxy groups -OCH3 is 1. The van der Waals surface area contributed by atoms with E-state index in [2.05, 4.69) is 15.3 Å². The van der Waals surface area contributed by atoms with Gasteiger partial charge in [-0.15, -0.1) is 0 Å². The van der Waals surface area contributed by atoms with Crippen LogP contribution in [0.1, 0.15) is 29.3 Å². The van der Waals surface area contributed by atoms with Crippen LogP contribution in [0.25, 0.3) is 0 Å². The van der Waals surface area contributed by atoms with E-state index in [1.807, 2.05) is 6.92 Å². The zero-order valence-corrected chi connectivity index (χ0v) is 15.3. The molecule has 142 valence electrons. The summed E-state index contributed by atoms with van der Waals surface area (Å²) in [5.74, 6) is 0.429. The summed E-state index contributed by atoms with van der Waals surface area (Å²) in [6.45, 7) is 2.49. The molecular formula is C20H22N2O5. The van der Waals surface area contributed by atoms with E-state index in [0.29, 0.717) is 23.5 Å². The van der Waals surface area contributed by atoms with Crippen molar-refractivity contribution in [3.05, 3.63) is 59.7 Å². The van der Waals surface area contributed by atoms with Gasteiger partial charge in [0.05, 0.1) is 19.9 Å². The minimum Gasteiger partial charge on any atom is -0.494 e. The Morgan fingerprint density at radius 3 is 2.56 bits per heavy atom. The number of nitrogens with zero attached hydrogens (tertiary/aromatic N) is 1. The molecule has 0 heterocycles. The molecule has 0 spiro atoms. The van der Waals surface area contributed by atoms with Gasteiger partial charge in [-0.05, 0) is 48.4 Å². The number of carbonyl (C=O) groups excluding carboxylic acids is 2. The van der Waals surface area contributed by atoms with Crippen LogP contribution in [0.2, 0.25) is 0 Å². The van der Waals surface area contributed by atoms with E-state index in [9.17, 15) is 9.59 Å². The van der Waals surface area contributed by atoms with Gasteiger partial charge in [0, 0.05) is 5.56 Å². The molecule has 7 nitrogen and oxygen atoms in total. The number of esters is 1. The number of benzene rings is 2. The molecule has 0 bridgehead atoms. The number of hydrogen-bond acceptors (Lipinski definition) is 6. The number of ether oxygens (including phenoxy) is 3. The molecule has 2 rings (SSSR count). The first-order valence-corrected chi connectivity index (χ1v) is 8.48. The highest BCUT2D eigenvalue weighted by atomic mass is 16.6. The molecule has 0 aromatic heterocycles. The molecule has 7 heteroatoms. The second kappa shape index (κ2) is 10.6. The molecular weight excluding hydrogens is 348 g/mol. The summed E-state index contributed by atoms with van der Waals surface area (Å²) < 4.78 is 15.3. The number of carbonyl (C=O) groups is 2. The zero-order chi connectivity index (χ0) is 19.5. The molecule has 0 radical (unpaired) electrons. The second-order valence-electron chi connectivity index (χ2n) is 5.51. The van der Waals surface area contributed by atoms with Gasteiger partial charge in [0.15, 0.2) is 6.61 Å². The lowest BCUT2D eigenvalue weighted by molar-refractivity contribution is -0.142. The van der Waals surface area contributed by atoms with Crippen LogP contribution in [-0.4, -0.2) is 38.4 Å². The van der Waals surface area contributed by atoms with Crippen LogP contribution < -0.4 is 14.9 Å². The molecule has 0 aliphatic heterocycles. The van der Waals surface area contributed by atoms with Crippen LogP contribution in [0.5, 0.6) is 11.5 Å². The highest BCUT2D eigenvalue weighted by Crippen LogP contribution is 2.13. The van der Waals surface area contributed by atoms with Gasteiger partial charge < -0.3 is 14.2 Å². The van der Waals surface area contributed by atoms with Crippen molar-refractivity contribution in [2.75, 3.05) is 20.3 Å². The van der Waals surface area contributed by atoms with Gasteiger partial charge in [0.2, 0.25) is 0 Å². The largest absolute Gasteiger partial charge is 0.494 e. The third-order valence-corrected chi connectivity index (χ3v) is 3.41. The third-order valence-electron chi connectivity index (χ3n) is 3.41. The van der Waals surface area contributed by atoms with Gasteiger partial charge >= 0.3 is 5.97 Å². The van der Waals surface area contributed by atoms with Gasteiger partial charge in [-0.3, -0.25) is 4.79 Å². The van der Waals surface area contributed by atoms with E-state index in [4.69, 9.17) is 9.47 Å². The van der Waals surface area contributed by atoms with Crippen molar-refractivity contribution in [1.82, 2.24) is 5.43 Å². The van der Waals surface area contributed by atoms with E-state index in [-0.39, 0.29) is 12.5 Å². The summed E-state index contributed by atoms with van der Waals surface area (Å²) in [6.07, 6.45) is 2.41. The Labute approximate surface area is 157 Å². The Morgan fingerprint density at radius 2 is 1.85 bits per heavy atom. The number of amides is 1. The Balaban J connectivity index is 1.89. The smallest absolute Gasteiger partial charge is 0.343 e. The van der Waals surface area contributed by atoms with E-state index < -0.39 is 5.97 Å². The van der Waals surface area contributed by atoms with Gasteiger partial charge in [0.25, 0.3) is 5.91 Å².